The van der Waals surface area contributed by atoms with E-state index in [0.29, 0.717) is 18.7 Å². The number of benzene rings is 1. The number of hydrogen-bond donors (Lipinski definition) is 0. The molecule has 0 unspecified atom stereocenters. The highest BCUT2D eigenvalue weighted by atomic mass is 32.1. The van der Waals surface area contributed by atoms with Gasteiger partial charge in [-0.2, -0.15) is 5.10 Å². The summed E-state index contributed by atoms with van der Waals surface area (Å²) in [5, 5.41) is 6.49. The molecule has 1 amide bonds. The summed E-state index contributed by atoms with van der Waals surface area (Å²) < 4.78 is 1.93. The van der Waals surface area contributed by atoms with E-state index < -0.39 is 0 Å². The fraction of sp³-hybridized carbons (Fsp3) is 0.263. The highest BCUT2D eigenvalue weighted by molar-refractivity contribution is 7.09. The first-order valence-electron chi connectivity index (χ1n) is 8.05. The van der Waals surface area contributed by atoms with Crippen LogP contribution in [0.2, 0.25) is 0 Å². The molecule has 0 aliphatic heterocycles. The molecule has 0 saturated heterocycles. The van der Waals surface area contributed by atoms with Crippen LogP contribution in [0.4, 0.5) is 0 Å². The van der Waals surface area contributed by atoms with Crippen molar-refractivity contribution >= 4 is 17.2 Å². The van der Waals surface area contributed by atoms with Crippen molar-refractivity contribution in [1.29, 1.82) is 0 Å². The lowest BCUT2D eigenvalue weighted by molar-refractivity contribution is 0.0785. The molecule has 5 heteroatoms. The van der Waals surface area contributed by atoms with Crippen molar-refractivity contribution in [3.05, 3.63) is 75.7 Å². The van der Waals surface area contributed by atoms with Gasteiger partial charge in [-0.3, -0.25) is 9.48 Å². The van der Waals surface area contributed by atoms with E-state index in [2.05, 4.69) is 24.2 Å². The molecular weight excluding hydrogens is 318 g/mol. The maximum absolute atomic E-state index is 12.8. The van der Waals surface area contributed by atoms with Crippen LogP contribution in [0.15, 0.2) is 54.0 Å². The number of aromatic nitrogens is 2. The lowest BCUT2D eigenvalue weighted by atomic mass is 10.1. The SMILES string of the molecule is CCc1c(C(=O)N(C)Cc2cccs2)cnn1Cc1ccccc1. The van der Waals surface area contributed by atoms with Crippen molar-refractivity contribution in [3.8, 4) is 0 Å². The molecule has 0 N–H and O–H groups in total. The lowest BCUT2D eigenvalue weighted by Gasteiger charge is -2.16. The smallest absolute Gasteiger partial charge is 0.257 e. The van der Waals surface area contributed by atoms with E-state index >= 15 is 0 Å². The highest BCUT2D eigenvalue weighted by Gasteiger charge is 2.20. The zero-order valence-corrected chi connectivity index (χ0v) is 14.8. The number of hydrogen-bond acceptors (Lipinski definition) is 3. The van der Waals surface area contributed by atoms with Gasteiger partial charge >= 0.3 is 0 Å². The third kappa shape index (κ3) is 3.57. The molecular formula is C19H21N3OS. The third-order valence-corrected chi connectivity index (χ3v) is 4.87. The standard InChI is InChI=1S/C19H21N3OS/c1-3-18-17(19(23)21(2)14-16-10-7-11-24-16)12-20-22(18)13-15-8-5-4-6-9-15/h4-12H,3,13-14H2,1-2H3. The second-order valence-corrected chi connectivity index (χ2v) is 6.77. The van der Waals surface area contributed by atoms with Crippen molar-refractivity contribution < 1.29 is 4.79 Å². The largest absolute Gasteiger partial charge is 0.336 e. The number of rotatable bonds is 6. The van der Waals surface area contributed by atoms with Crippen LogP contribution in [0, 0.1) is 0 Å². The first-order chi connectivity index (χ1) is 11.7. The molecule has 0 atom stereocenters. The average molecular weight is 339 g/mol. The van der Waals surface area contributed by atoms with E-state index in [0.717, 1.165) is 12.1 Å². The molecule has 24 heavy (non-hydrogen) atoms. The lowest BCUT2D eigenvalue weighted by Crippen LogP contribution is -2.26. The van der Waals surface area contributed by atoms with E-state index in [9.17, 15) is 4.79 Å². The molecule has 0 spiro atoms. The monoisotopic (exact) mass is 339 g/mol. The minimum Gasteiger partial charge on any atom is -0.336 e. The van der Waals surface area contributed by atoms with Crippen LogP contribution in [0.3, 0.4) is 0 Å². The van der Waals surface area contributed by atoms with Crippen molar-refractivity contribution in [2.24, 2.45) is 0 Å². The Morgan fingerprint density at radius 1 is 1.21 bits per heavy atom. The quantitative estimate of drug-likeness (QED) is 0.684. The number of amides is 1. The Kier molecular flexibility index (Phi) is 5.11. The molecule has 2 heterocycles. The molecule has 2 aromatic heterocycles. The second kappa shape index (κ2) is 7.45. The van der Waals surface area contributed by atoms with E-state index in [1.165, 1.54) is 10.4 Å². The molecule has 1 aromatic carbocycles. The molecule has 124 valence electrons. The Morgan fingerprint density at radius 2 is 2.00 bits per heavy atom. The van der Waals surface area contributed by atoms with Gasteiger partial charge in [-0.15, -0.1) is 11.3 Å². The van der Waals surface area contributed by atoms with Gasteiger partial charge in [0.15, 0.2) is 0 Å². The highest BCUT2D eigenvalue weighted by Crippen LogP contribution is 2.17. The molecule has 3 aromatic rings. The molecule has 0 aliphatic rings. The Bertz CT molecular complexity index is 793. The van der Waals surface area contributed by atoms with Gasteiger partial charge in [0.2, 0.25) is 0 Å². The normalized spacial score (nSPS) is 10.8. The number of nitrogens with zero attached hydrogens (tertiary/aromatic N) is 3. The van der Waals surface area contributed by atoms with Crippen LogP contribution in [0.5, 0.6) is 0 Å². The molecule has 0 fully saturated rings. The second-order valence-electron chi connectivity index (χ2n) is 5.74. The Hall–Kier alpha value is -2.40. The van der Waals surface area contributed by atoms with E-state index in [1.807, 2.05) is 47.4 Å². The number of carbonyl (C=O) groups is 1. The maximum atomic E-state index is 12.8. The van der Waals surface area contributed by atoms with Crippen LogP contribution < -0.4 is 0 Å². The topological polar surface area (TPSA) is 38.1 Å². The summed E-state index contributed by atoms with van der Waals surface area (Å²) >= 11 is 1.67. The van der Waals surface area contributed by atoms with Gasteiger partial charge in [0, 0.05) is 11.9 Å². The first kappa shape index (κ1) is 16.5. The minimum absolute atomic E-state index is 0.0274. The molecule has 0 saturated carbocycles. The molecule has 4 nitrogen and oxygen atoms in total. The molecule has 0 radical (unpaired) electrons. The number of thiophene rings is 1. The predicted octanol–water partition coefficient (Wildman–Crippen LogP) is 3.83. The van der Waals surface area contributed by atoms with Gasteiger partial charge < -0.3 is 4.90 Å². The van der Waals surface area contributed by atoms with Crippen LogP contribution in [0.25, 0.3) is 0 Å². The zero-order chi connectivity index (χ0) is 16.9. The zero-order valence-electron chi connectivity index (χ0n) is 14.0. The average Bonchev–Trinajstić information content (AvgIpc) is 3.24. The van der Waals surface area contributed by atoms with Gasteiger partial charge in [0.05, 0.1) is 30.5 Å². The summed E-state index contributed by atoms with van der Waals surface area (Å²) in [6.45, 7) is 3.38. The van der Waals surface area contributed by atoms with E-state index in [-0.39, 0.29) is 5.91 Å². The summed E-state index contributed by atoms with van der Waals surface area (Å²) in [5.41, 5.74) is 2.87. The fourth-order valence-corrected chi connectivity index (χ4v) is 3.53. The van der Waals surface area contributed by atoms with E-state index in [4.69, 9.17) is 0 Å². The first-order valence-corrected chi connectivity index (χ1v) is 8.93. The minimum atomic E-state index is 0.0274. The summed E-state index contributed by atoms with van der Waals surface area (Å²) in [6.07, 6.45) is 2.48. The van der Waals surface area contributed by atoms with Crippen LogP contribution in [0.1, 0.15) is 33.4 Å². The van der Waals surface area contributed by atoms with Crippen LogP contribution in [-0.2, 0) is 19.5 Å². The molecule has 3 rings (SSSR count). The fourth-order valence-electron chi connectivity index (χ4n) is 2.77. The maximum Gasteiger partial charge on any atom is 0.257 e. The van der Waals surface area contributed by atoms with Crippen LogP contribution in [-0.4, -0.2) is 27.6 Å². The molecule has 0 bridgehead atoms. The van der Waals surface area contributed by atoms with Crippen molar-refractivity contribution in [2.45, 2.75) is 26.4 Å². The molecule has 0 aliphatic carbocycles. The van der Waals surface area contributed by atoms with Gasteiger partial charge in [-0.1, -0.05) is 43.3 Å². The third-order valence-electron chi connectivity index (χ3n) is 4.01. The summed E-state index contributed by atoms with van der Waals surface area (Å²) in [7, 11) is 1.84. The number of carbonyl (C=O) groups excluding carboxylic acids is 1. The summed E-state index contributed by atoms with van der Waals surface area (Å²) in [5.74, 6) is 0.0274. The Labute approximate surface area is 146 Å². The predicted molar refractivity (Wildman–Crippen MR) is 97.3 cm³/mol. The van der Waals surface area contributed by atoms with Crippen molar-refractivity contribution in [2.75, 3.05) is 7.05 Å². The van der Waals surface area contributed by atoms with Crippen molar-refractivity contribution in [1.82, 2.24) is 14.7 Å². The van der Waals surface area contributed by atoms with E-state index in [1.54, 1.807) is 22.4 Å². The van der Waals surface area contributed by atoms with Crippen LogP contribution >= 0.6 is 11.3 Å². The van der Waals surface area contributed by atoms with Gasteiger partial charge in [0.25, 0.3) is 5.91 Å². The summed E-state index contributed by atoms with van der Waals surface area (Å²) in [6, 6.07) is 14.2. The van der Waals surface area contributed by atoms with Gasteiger partial charge in [-0.05, 0) is 23.4 Å². The Balaban J connectivity index is 1.79. The Morgan fingerprint density at radius 3 is 2.67 bits per heavy atom. The van der Waals surface area contributed by atoms with Gasteiger partial charge in [0.1, 0.15) is 0 Å². The van der Waals surface area contributed by atoms with Crippen molar-refractivity contribution in [3.63, 3.8) is 0 Å². The summed E-state index contributed by atoms with van der Waals surface area (Å²) in [4.78, 5) is 15.7. The van der Waals surface area contributed by atoms with Gasteiger partial charge in [-0.25, -0.2) is 0 Å².